The summed E-state index contributed by atoms with van der Waals surface area (Å²) in [5, 5.41) is 5.35. The molecule has 4 aromatic carbocycles. The molecule has 0 saturated heterocycles. The third-order valence-electron chi connectivity index (χ3n) is 6.79. The van der Waals surface area contributed by atoms with Gasteiger partial charge in [-0.05, 0) is 87.7 Å². The molecule has 0 radical (unpaired) electrons. The predicted molar refractivity (Wildman–Crippen MR) is 143 cm³/mol. The molecule has 166 valence electrons. The Balaban J connectivity index is 1.46. The van der Waals surface area contributed by atoms with Gasteiger partial charge in [0.05, 0.1) is 0 Å². The quantitative estimate of drug-likeness (QED) is 0.167. The number of hydrogen-bond donors (Lipinski definition) is 0. The van der Waals surface area contributed by atoms with Gasteiger partial charge in [0, 0.05) is 0 Å². The monoisotopic (exact) mass is 422 g/mol. The standard InChI is InChI=1S/C32H38/c1-3-5-7-8-9-10-12-25-13-16-27(17-14-25)28-19-20-30-23-31-21-26(11-6-4-2)15-18-29(31)24-32(30)22-28/h13-24H,3-12H2,1-2H3. The van der Waals surface area contributed by atoms with Crippen molar-refractivity contribution in [3.63, 3.8) is 0 Å². The average Bonchev–Trinajstić information content (AvgIpc) is 2.83. The first-order chi connectivity index (χ1) is 15.8. The summed E-state index contributed by atoms with van der Waals surface area (Å²) in [7, 11) is 0. The molecule has 0 aliphatic carbocycles. The molecule has 0 aromatic heterocycles. The van der Waals surface area contributed by atoms with Gasteiger partial charge in [-0.2, -0.15) is 0 Å². The summed E-state index contributed by atoms with van der Waals surface area (Å²) < 4.78 is 0. The third-order valence-corrected chi connectivity index (χ3v) is 6.79. The van der Waals surface area contributed by atoms with E-state index in [2.05, 4.69) is 86.6 Å². The van der Waals surface area contributed by atoms with Crippen molar-refractivity contribution in [2.75, 3.05) is 0 Å². The normalized spacial score (nSPS) is 11.4. The van der Waals surface area contributed by atoms with Crippen LogP contribution in [0.5, 0.6) is 0 Å². The summed E-state index contributed by atoms with van der Waals surface area (Å²) in [6, 6.07) is 27.8. The van der Waals surface area contributed by atoms with E-state index in [0.29, 0.717) is 0 Å². The van der Waals surface area contributed by atoms with Crippen LogP contribution in [0.1, 0.15) is 76.3 Å². The molecule has 4 rings (SSSR count). The van der Waals surface area contributed by atoms with E-state index in [1.165, 1.54) is 108 Å². The zero-order valence-corrected chi connectivity index (χ0v) is 20.0. The second-order valence-corrected chi connectivity index (χ2v) is 9.41. The molecule has 0 spiro atoms. The lowest BCUT2D eigenvalue weighted by Gasteiger charge is -2.09. The van der Waals surface area contributed by atoms with Crippen LogP contribution in [-0.4, -0.2) is 0 Å². The third kappa shape index (κ3) is 5.80. The van der Waals surface area contributed by atoms with Crippen LogP contribution in [0.25, 0.3) is 32.7 Å². The van der Waals surface area contributed by atoms with Gasteiger partial charge in [0.25, 0.3) is 0 Å². The number of fused-ring (bicyclic) bond motifs is 2. The number of aryl methyl sites for hydroxylation is 2. The van der Waals surface area contributed by atoms with E-state index in [1.807, 2.05) is 0 Å². The van der Waals surface area contributed by atoms with Gasteiger partial charge in [0.1, 0.15) is 0 Å². The molecule has 0 aliphatic rings. The van der Waals surface area contributed by atoms with Crippen molar-refractivity contribution >= 4 is 21.5 Å². The van der Waals surface area contributed by atoms with Crippen molar-refractivity contribution in [1.29, 1.82) is 0 Å². The van der Waals surface area contributed by atoms with Crippen molar-refractivity contribution in [2.24, 2.45) is 0 Å². The second kappa shape index (κ2) is 11.3. The van der Waals surface area contributed by atoms with Crippen LogP contribution in [0.3, 0.4) is 0 Å². The van der Waals surface area contributed by atoms with Gasteiger partial charge in [-0.25, -0.2) is 0 Å². The highest BCUT2D eigenvalue weighted by Crippen LogP contribution is 2.29. The molecule has 0 unspecified atom stereocenters. The highest BCUT2D eigenvalue weighted by atomic mass is 14.1. The fraction of sp³-hybridized carbons (Fsp3) is 0.375. The van der Waals surface area contributed by atoms with Gasteiger partial charge in [-0.3, -0.25) is 0 Å². The van der Waals surface area contributed by atoms with E-state index in [4.69, 9.17) is 0 Å². The lowest BCUT2D eigenvalue weighted by atomic mass is 9.96. The first-order valence-electron chi connectivity index (χ1n) is 12.8. The van der Waals surface area contributed by atoms with Gasteiger partial charge < -0.3 is 0 Å². The van der Waals surface area contributed by atoms with E-state index >= 15 is 0 Å². The lowest BCUT2D eigenvalue weighted by molar-refractivity contribution is 0.607. The van der Waals surface area contributed by atoms with Crippen LogP contribution in [-0.2, 0) is 12.8 Å². The fourth-order valence-electron chi connectivity index (χ4n) is 4.74. The Morgan fingerprint density at radius 3 is 1.72 bits per heavy atom. The fourth-order valence-corrected chi connectivity index (χ4v) is 4.74. The highest BCUT2D eigenvalue weighted by Gasteiger charge is 2.04. The van der Waals surface area contributed by atoms with Crippen LogP contribution in [0, 0.1) is 0 Å². The SMILES string of the molecule is CCCCCCCCc1ccc(-c2ccc3cc4cc(CCCC)ccc4cc3c2)cc1. The van der Waals surface area contributed by atoms with Gasteiger partial charge in [-0.15, -0.1) is 0 Å². The van der Waals surface area contributed by atoms with E-state index in [-0.39, 0.29) is 0 Å². The molecule has 0 amide bonds. The number of benzene rings is 4. The largest absolute Gasteiger partial charge is 0.0654 e. The van der Waals surface area contributed by atoms with Gasteiger partial charge in [0.15, 0.2) is 0 Å². The minimum Gasteiger partial charge on any atom is -0.0654 e. The minimum absolute atomic E-state index is 1.18. The van der Waals surface area contributed by atoms with Gasteiger partial charge >= 0.3 is 0 Å². The van der Waals surface area contributed by atoms with Crippen molar-refractivity contribution in [1.82, 2.24) is 0 Å². The first kappa shape index (κ1) is 22.6. The molecule has 32 heavy (non-hydrogen) atoms. The Morgan fingerprint density at radius 2 is 0.969 bits per heavy atom. The first-order valence-corrected chi connectivity index (χ1v) is 12.8. The van der Waals surface area contributed by atoms with Crippen molar-refractivity contribution in [3.8, 4) is 11.1 Å². The van der Waals surface area contributed by atoms with Crippen LogP contribution in [0.4, 0.5) is 0 Å². The molecule has 0 heterocycles. The molecule has 0 atom stereocenters. The molecule has 4 aromatic rings. The summed E-state index contributed by atoms with van der Waals surface area (Å²) in [6.45, 7) is 4.54. The Hall–Kier alpha value is -2.60. The van der Waals surface area contributed by atoms with Gasteiger partial charge in [0.2, 0.25) is 0 Å². The molecular formula is C32H38. The van der Waals surface area contributed by atoms with Crippen molar-refractivity contribution in [2.45, 2.75) is 78.1 Å². The van der Waals surface area contributed by atoms with E-state index in [0.717, 1.165) is 0 Å². The molecule has 0 aliphatic heterocycles. The highest BCUT2D eigenvalue weighted by molar-refractivity contribution is 5.99. The average molecular weight is 423 g/mol. The van der Waals surface area contributed by atoms with Crippen molar-refractivity contribution < 1.29 is 0 Å². The number of hydrogen-bond acceptors (Lipinski definition) is 0. The maximum Gasteiger partial charge on any atom is -0.0171 e. The van der Waals surface area contributed by atoms with Crippen LogP contribution in [0.15, 0.2) is 72.8 Å². The minimum atomic E-state index is 1.18. The molecule has 0 heteroatoms. The molecular weight excluding hydrogens is 384 g/mol. The van der Waals surface area contributed by atoms with Crippen LogP contribution < -0.4 is 0 Å². The zero-order chi connectivity index (χ0) is 22.2. The summed E-state index contributed by atoms with van der Waals surface area (Å²) in [4.78, 5) is 0. The summed E-state index contributed by atoms with van der Waals surface area (Å²) in [5.41, 5.74) is 5.54. The van der Waals surface area contributed by atoms with Crippen LogP contribution in [0.2, 0.25) is 0 Å². The molecule has 0 fully saturated rings. The summed E-state index contributed by atoms with van der Waals surface area (Å²) in [5.74, 6) is 0. The van der Waals surface area contributed by atoms with E-state index in [1.54, 1.807) is 0 Å². The van der Waals surface area contributed by atoms with Crippen LogP contribution >= 0.6 is 0 Å². The lowest BCUT2D eigenvalue weighted by Crippen LogP contribution is -1.87. The Kier molecular flexibility index (Phi) is 7.99. The maximum atomic E-state index is 2.38. The predicted octanol–water partition coefficient (Wildman–Crippen LogP) is 9.91. The zero-order valence-electron chi connectivity index (χ0n) is 20.0. The topological polar surface area (TPSA) is 0 Å². The number of unbranched alkanes of at least 4 members (excludes halogenated alkanes) is 6. The smallest absolute Gasteiger partial charge is 0.0171 e. The Bertz CT molecular complexity index is 1130. The van der Waals surface area contributed by atoms with E-state index < -0.39 is 0 Å². The second-order valence-electron chi connectivity index (χ2n) is 9.41. The molecule has 0 N–H and O–H groups in total. The van der Waals surface area contributed by atoms with Gasteiger partial charge in [-0.1, -0.05) is 107 Å². The maximum absolute atomic E-state index is 2.38. The molecule has 0 nitrogen and oxygen atoms in total. The Labute approximate surface area is 194 Å². The molecule has 0 saturated carbocycles. The molecule has 0 bridgehead atoms. The Morgan fingerprint density at radius 1 is 0.406 bits per heavy atom. The number of rotatable bonds is 11. The summed E-state index contributed by atoms with van der Waals surface area (Å²) >= 11 is 0. The van der Waals surface area contributed by atoms with E-state index in [9.17, 15) is 0 Å². The summed E-state index contributed by atoms with van der Waals surface area (Å²) in [6.07, 6.45) is 13.1. The van der Waals surface area contributed by atoms with Crippen molar-refractivity contribution in [3.05, 3.63) is 83.9 Å².